The Morgan fingerprint density at radius 3 is 2.23 bits per heavy atom. The normalized spacial score (nSPS) is 12.5. The third kappa shape index (κ3) is 3.14. The molecule has 4 nitrogen and oxygen atoms in total. The van der Waals surface area contributed by atoms with E-state index in [-0.39, 0.29) is 6.20 Å². The van der Waals surface area contributed by atoms with Crippen LogP contribution in [0.15, 0.2) is 12.0 Å². The molecule has 0 aromatic rings. The Kier molecular flexibility index (Phi) is 3.46. The van der Waals surface area contributed by atoms with Crippen molar-refractivity contribution in [2.24, 2.45) is 0 Å². The average Bonchev–Trinajstić information content (AvgIpc) is 1.99. The zero-order valence-corrected chi connectivity index (χ0v) is 6.47. The summed E-state index contributed by atoms with van der Waals surface area (Å²) < 4.78 is 36.7. The standard InChI is InChI=1S/C6H6F3NO3/c1-3(11)10-2-4(7)6(8,9)5(12)13/h2H,1H3,(H,10,11)(H,12,13)/b4-2-. The lowest BCUT2D eigenvalue weighted by atomic mass is 10.3. The fourth-order valence-electron chi connectivity index (χ4n) is 0.358. The molecule has 0 rings (SSSR count). The van der Waals surface area contributed by atoms with Gasteiger partial charge in [0.05, 0.1) is 0 Å². The van der Waals surface area contributed by atoms with Crippen molar-refractivity contribution in [2.45, 2.75) is 12.8 Å². The van der Waals surface area contributed by atoms with Crippen molar-refractivity contribution in [3.05, 3.63) is 12.0 Å². The van der Waals surface area contributed by atoms with Crippen molar-refractivity contribution < 1.29 is 27.9 Å². The van der Waals surface area contributed by atoms with Gasteiger partial charge in [-0.3, -0.25) is 4.79 Å². The van der Waals surface area contributed by atoms with Gasteiger partial charge in [-0.05, 0) is 0 Å². The van der Waals surface area contributed by atoms with Crippen LogP contribution in [0.1, 0.15) is 6.92 Å². The van der Waals surface area contributed by atoms with Gasteiger partial charge in [-0.2, -0.15) is 8.78 Å². The molecular formula is C6H6F3NO3. The number of carboxylic acids is 1. The number of carbonyl (C=O) groups is 2. The maximum atomic E-state index is 12.3. The molecular weight excluding hydrogens is 191 g/mol. The molecule has 2 N–H and O–H groups in total. The molecule has 0 aliphatic heterocycles. The van der Waals surface area contributed by atoms with Crippen LogP contribution >= 0.6 is 0 Å². The van der Waals surface area contributed by atoms with Gasteiger partial charge in [0.25, 0.3) is 0 Å². The first kappa shape index (κ1) is 11.5. The highest BCUT2D eigenvalue weighted by atomic mass is 19.3. The molecule has 0 heterocycles. The van der Waals surface area contributed by atoms with Crippen molar-refractivity contribution in [3.63, 3.8) is 0 Å². The van der Waals surface area contributed by atoms with Crippen molar-refractivity contribution in [3.8, 4) is 0 Å². The van der Waals surface area contributed by atoms with Crippen LogP contribution in [0.25, 0.3) is 0 Å². The molecule has 13 heavy (non-hydrogen) atoms. The van der Waals surface area contributed by atoms with Crippen molar-refractivity contribution in [1.29, 1.82) is 0 Å². The van der Waals surface area contributed by atoms with E-state index < -0.39 is 23.6 Å². The molecule has 0 saturated carbocycles. The van der Waals surface area contributed by atoms with Crippen molar-refractivity contribution >= 4 is 11.9 Å². The van der Waals surface area contributed by atoms with Crippen LogP contribution in [0.2, 0.25) is 0 Å². The summed E-state index contributed by atoms with van der Waals surface area (Å²) in [5, 5.41) is 9.42. The van der Waals surface area contributed by atoms with E-state index in [0.717, 1.165) is 6.92 Å². The summed E-state index contributed by atoms with van der Waals surface area (Å²) >= 11 is 0. The Bertz CT molecular complexity index is 262. The van der Waals surface area contributed by atoms with E-state index in [2.05, 4.69) is 0 Å². The van der Waals surface area contributed by atoms with Gasteiger partial charge in [0.1, 0.15) is 0 Å². The van der Waals surface area contributed by atoms with Gasteiger partial charge < -0.3 is 10.4 Å². The largest absolute Gasteiger partial charge is 0.476 e. The van der Waals surface area contributed by atoms with Gasteiger partial charge in [-0.1, -0.05) is 0 Å². The van der Waals surface area contributed by atoms with Crippen molar-refractivity contribution in [2.75, 3.05) is 0 Å². The summed E-state index contributed by atoms with van der Waals surface area (Å²) in [4.78, 5) is 19.9. The number of amides is 1. The first-order chi connectivity index (χ1) is 5.78. The predicted molar refractivity (Wildman–Crippen MR) is 35.6 cm³/mol. The number of aliphatic carboxylic acids is 1. The number of hydrogen-bond donors (Lipinski definition) is 2. The number of nitrogens with one attached hydrogen (secondary N) is 1. The highest BCUT2D eigenvalue weighted by Gasteiger charge is 2.44. The predicted octanol–water partition coefficient (Wildman–Crippen LogP) is 0.653. The molecule has 7 heteroatoms. The molecule has 74 valence electrons. The van der Waals surface area contributed by atoms with E-state index in [4.69, 9.17) is 5.11 Å². The number of carbonyl (C=O) groups excluding carboxylic acids is 1. The minimum atomic E-state index is -4.61. The van der Waals surface area contributed by atoms with E-state index in [1.165, 1.54) is 0 Å². The smallest absolute Gasteiger partial charge is 0.394 e. The van der Waals surface area contributed by atoms with Crippen LogP contribution in [0.4, 0.5) is 13.2 Å². The van der Waals surface area contributed by atoms with Crippen LogP contribution in [-0.2, 0) is 9.59 Å². The Morgan fingerprint density at radius 2 is 1.92 bits per heavy atom. The third-order valence-corrected chi connectivity index (χ3v) is 0.971. The molecule has 0 spiro atoms. The fourth-order valence-corrected chi connectivity index (χ4v) is 0.358. The summed E-state index contributed by atoms with van der Waals surface area (Å²) in [5.74, 6) is -10.2. The molecule has 0 bridgehead atoms. The van der Waals surface area contributed by atoms with Gasteiger partial charge in [-0.15, -0.1) is 0 Å². The van der Waals surface area contributed by atoms with Crippen LogP contribution in [0, 0.1) is 0 Å². The van der Waals surface area contributed by atoms with Crippen LogP contribution in [-0.4, -0.2) is 22.9 Å². The Hall–Kier alpha value is -1.53. The monoisotopic (exact) mass is 197 g/mol. The van der Waals surface area contributed by atoms with E-state index in [0.29, 0.717) is 0 Å². The quantitative estimate of drug-likeness (QED) is 0.698. The highest BCUT2D eigenvalue weighted by molar-refractivity contribution is 5.79. The summed E-state index contributed by atoms with van der Waals surface area (Å²) in [6, 6.07) is 0. The molecule has 0 aliphatic carbocycles. The van der Waals surface area contributed by atoms with Gasteiger partial charge in [0.15, 0.2) is 5.83 Å². The fraction of sp³-hybridized carbons (Fsp3) is 0.333. The zero-order chi connectivity index (χ0) is 10.6. The van der Waals surface area contributed by atoms with Crippen LogP contribution in [0.5, 0.6) is 0 Å². The minimum Gasteiger partial charge on any atom is -0.476 e. The van der Waals surface area contributed by atoms with Gasteiger partial charge in [0.2, 0.25) is 5.91 Å². The minimum absolute atomic E-state index is 0.0104. The molecule has 0 aliphatic rings. The van der Waals surface area contributed by atoms with E-state index in [1.807, 2.05) is 0 Å². The first-order valence-corrected chi connectivity index (χ1v) is 3.03. The SMILES string of the molecule is CC(=O)N/C=C(\F)C(F)(F)C(=O)O. The number of carboxylic acid groups (broad SMARTS) is 1. The number of halogens is 3. The summed E-state index contributed by atoms with van der Waals surface area (Å²) in [7, 11) is 0. The summed E-state index contributed by atoms with van der Waals surface area (Å²) in [6.45, 7) is 0.961. The lowest BCUT2D eigenvalue weighted by Gasteiger charge is -2.07. The lowest BCUT2D eigenvalue weighted by molar-refractivity contribution is -0.161. The van der Waals surface area contributed by atoms with Gasteiger partial charge >= 0.3 is 11.9 Å². The molecule has 0 saturated heterocycles. The molecule has 0 aromatic carbocycles. The van der Waals surface area contributed by atoms with Gasteiger partial charge in [0, 0.05) is 13.1 Å². The summed E-state index contributed by atoms with van der Waals surface area (Å²) in [6.07, 6.45) is 0.0104. The average molecular weight is 197 g/mol. The number of rotatable bonds is 3. The molecule has 1 amide bonds. The number of alkyl halides is 2. The van der Waals surface area contributed by atoms with Gasteiger partial charge in [-0.25, -0.2) is 9.18 Å². The molecule has 0 aromatic heterocycles. The second kappa shape index (κ2) is 3.92. The van der Waals surface area contributed by atoms with Crippen LogP contribution in [0.3, 0.4) is 0 Å². The molecule has 0 unspecified atom stereocenters. The maximum Gasteiger partial charge on any atom is 0.394 e. The number of hydrogen-bond acceptors (Lipinski definition) is 2. The maximum absolute atomic E-state index is 12.3. The molecule has 0 fully saturated rings. The Balaban J connectivity index is 4.57. The Morgan fingerprint density at radius 1 is 1.46 bits per heavy atom. The summed E-state index contributed by atoms with van der Waals surface area (Å²) in [5.41, 5.74) is 0. The zero-order valence-electron chi connectivity index (χ0n) is 6.47. The van der Waals surface area contributed by atoms with Crippen LogP contribution < -0.4 is 5.32 Å². The molecule has 0 radical (unpaired) electrons. The molecule has 0 atom stereocenters. The Labute approximate surface area is 71.0 Å². The topological polar surface area (TPSA) is 66.4 Å². The third-order valence-electron chi connectivity index (χ3n) is 0.971. The van der Waals surface area contributed by atoms with E-state index in [9.17, 15) is 22.8 Å². The van der Waals surface area contributed by atoms with E-state index >= 15 is 0 Å². The highest BCUT2D eigenvalue weighted by Crippen LogP contribution is 2.24. The second-order valence-corrected chi connectivity index (χ2v) is 2.07. The lowest BCUT2D eigenvalue weighted by Crippen LogP contribution is -2.30. The first-order valence-electron chi connectivity index (χ1n) is 3.03. The second-order valence-electron chi connectivity index (χ2n) is 2.07. The van der Waals surface area contributed by atoms with E-state index in [1.54, 1.807) is 5.32 Å². The van der Waals surface area contributed by atoms with Crippen molar-refractivity contribution in [1.82, 2.24) is 5.32 Å².